The summed E-state index contributed by atoms with van der Waals surface area (Å²) < 4.78 is 5.14. The topological polar surface area (TPSA) is 45.4 Å². The summed E-state index contributed by atoms with van der Waals surface area (Å²) in [6.45, 7) is 0.586. The molecule has 84 valence electrons. The van der Waals surface area contributed by atoms with Crippen LogP contribution in [0, 0.1) is 0 Å². The maximum absolute atomic E-state index is 9.78. The van der Waals surface area contributed by atoms with Gasteiger partial charge in [0.1, 0.15) is 11.9 Å². The van der Waals surface area contributed by atoms with Gasteiger partial charge in [-0.1, -0.05) is 0 Å². The third kappa shape index (κ3) is 3.26. The molecular formula is C11H17NO2S. The van der Waals surface area contributed by atoms with E-state index in [1.165, 1.54) is 24.3 Å². The highest BCUT2D eigenvalue weighted by Gasteiger charge is 2.16. The molecule has 3 nitrogen and oxygen atoms in total. The first-order chi connectivity index (χ1) is 7.36. The SMILES string of the molecule is OC(CNC1CCSCC1)c1ccco1. The van der Waals surface area contributed by atoms with Crippen LogP contribution in [0.25, 0.3) is 0 Å². The maximum atomic E-state index is 9.78. The van der Waals surface area contributed by atoms with Crippen molar-refractivity contribution in [1.29, 1.82) is 0 Å². The number of aliphatic hydroxyl groups excluding tert-OH is 1. The number of rotatable bonds is 4. The van der Waals surface area contributed by atoms with Gasteiger partial charge in [0.15, 0.2) is 0 Å². The van der Waals surface area contributed by atoms with Gasteiger partial charge in [0.25, 0.3) is 0 Å². The van der Waals surface area contributed by atoms with Crippen molar-refractivity contribution in [3.05, 3.63) is 24.2 Å². The summed E-state index contributed by atoms with van der Waals surface area (Å²) in [5.74, 6) is 3.11. The molecule has 1 atom stereocenters. The Morgan fingerprint density at radius 2 is 2.33 bits per heavy atom. The number of hydrogen-bond acceptors (Lipinski definition) is 4. The van der Waals surface area contributed by atoms with Crippen LogP contribution in [0.2, 0.25) is 0 Å². The van der Waals surface area contributed by atoms with Crippen LogP contribution in [-0.2, 0) is 0 Å². The summed E-state index contributed by atoms with van der Waals surface area (Å²) in [5.41, 5.74) is 0. The van der Waals surface area contributed by atoms with Gasteiger partial charge in [-0.2, -0.15) is 11.8 Å². The van der Waals surface area contributed by atoms with Gasteiger partial charge >= 0.3 is 0 Å². The molecule has 0 bridgehead atoms. The summed E-state index contributed by atoms with van der Waals surface area (Å²) >= 11 is 2.01. The van der Waals surface area contributed by atoms with Crippen LogP contribution < -0.4 is 5.32 Å². The van der Waals surface area contributed by atoms with E-state index in [1.54, 1.807) is 12.3 Å². The molecule has 0 radical (unpaired) electrons. The molecule has 0 spiro atoms. The molecule has 1 aliphatic rings. The number of thioether (sulfide) groups is 1. The Morgan fingerprint density at radius 3 is 3.00 bits per heavy atom. The van der Waals surface area contributed by atoms with Crippen molar-refractivity contribution >= 4 is 11.8 Å². The van der Waals surface area contributed by atoms with Crippen LogP contribution in [0.4, 0.5) is 0 Å². The van der Waals surface area contributed by atoms with Gasteiger partial charge in [-0.15, -0.1) is 0 Å². The Balaban J connectivity index is 1.73. The van der Waals surface area contributed by atoms with Crippen molar-refractivity contribution in [2.45, 2.75) is 25.0 Å². The molecule has 1 aromatic rings. The van der Waals surface area contributed by atoms with Crippen molar-refractivity contribution in [2.75, 3.05) is 18.1 Å². The van der Waals surface area contributed by atoms with E-state index in [2.05, 4.69) is 5.32 Å². The summed E-state index contributed by atoms with van der Waals surface area (Å²) in [6.07, 6.45) is 3.48. The molecule has 2 N–H and O–H groups in total. The lowest BCUT2D eigenvalue weighted by atomic mass is 10.1. The van der Waals surface area contributed by atoms with Crippen LogP contribution in [-0.4, -0.2) is 29.2 Å². The van der Waals surface area contributed by atoms with Crippen LogP contribution in [0.1, 0.15) is 24.7 Å². The summed E-state index contributed by atoms with van der Waals surface area (Å²) in [7, 11) is 0. The predicted molar refractivity (Wildman–Crippen MR) is 62.0 cm³/mol. The molecule has 0 saturated carbocycles. The molecular weight excluding hydrogens is 210 g/mol. The molecule has 0 aliphatic carbocycles. The van der Waals surface area contributed by atoms with Crippen molar-refractivity contribution in [1.82, 2.24) is 5.32 Å². The lowest BCUT2D eigenvalue weighted by molar-refractivity contribution is 0.142. The van der Waals surface area contributed by atoms with Gasteiger partial charge in [-0.05, 0) is 36.5 Å². The molecule has 0 aromatic carbocycles. The van der Waals surface area contributed by atoms with Gasteiger partial charge in [-0.25, -0.2) is 0 Å². The molecule has 0 amide bonds. The van der Waals surface area contributed by atoms with E-state index in [4.69, 9.17) is 4.42 Å². The molecule has 1 aliphatic heterocycles. The second-order valence-electron chi connectivity index (χ2n) is 3.83. The van der Waals surface area contributed by atoms with Gasteiger partial charge in [0.05, 0.1) is 6.26 Å². The Kier molecular flexibility index (Phi) is 4.11. The summed E-state index contributed by atoms with van der Waals surface area (Å²) in [5, 5.41) is 13.2. The molecule has 2 heterocycles. The van der Waals surface area contributed by atoms with Gasteiger partial charge < -0.3 is 14.8 Å². The van der Waals surface area contributed by atoms with E-state index in [-0.39, 0.29) is 0 Å². The van der Waals surface area contributed by atoms with Crippen molar-refractivity contribution in [3.8, 4) is 0 Å². The second-order valence-corrected chi connectivity index (χ2v) is 5.05. The van der Waals surface area contributed by atoms with E-state index in [9.17, 15) is 5.11 Å². The first kappa shape index (κ1) is 11.0. The lowest BCUT2D eigenvalue weighted by Gasteiger charge is -2.23. The standard InChI is InChI=1S/C11H17NO2S/c13-10(11-2-1-5-14-11)8-12-9-3-6-15-7-4-9/h1-2,5,9-10,12-13H,3-4,6-8H2. The molecule has 4 heteroatoms. The zero-order valence-electron chi connectivity index (χ0n) is 8.69. The molecule has 15 heavy (non-hydrogen) atoms. The average molecular weight is 227 g/mol. The number of hydrogen-bond donors (Lipinski definition) is 2. The summed E-state index contributed by atoms with van der Waals surface area (Å²) in [4.78, 5) is 0. The van der Waals surface area contributed by atoms with Gasteiger partial charge in [0, 0.05) is 12.6 Å². The Labute approximate surface area is 94.2 Å². The van der Waals surface area contributed by atoms with E-state index >= 15 is 0 Å². The highest BCUT2D eigenvalue weighted by atomic mass is 32.2. The fourth-order valence-corrected chi connectivity index (χ4v) is 2.87. The number of furan rings is 1. The monoisotopic (exact) mass is 227 g/mol. The zero-order valence-corrected chi connectivity index (χ0v) is 9.50. The predicted octanol–water partition coefficient (Wildman–Crippen LogP) is 1.80. The van der Waals surface area contributed by atoms with E-state index < -0.39 is 6.10 Å². The lowest BCUT2D eigenvalue weighted by Crippen LogP contribution is -2.35. The third-order valence-corrected chi connectivity index (χ3v) is 3.74. The second kappa shape index (κ2) is 5.58. The van der Waals surface area contributed by atoms with Gasteiger partial charge in [0.2, 0.25) is 0 Å². The fraction of sp³-hybridized carbons (Fsp3) is 0.636. The van der Waals surface area contributed by atoms with Crippen molar-refractivity contribution in [3.63, 3.8) is 0 Å². The Bertz CT molecular complexity index is 270. The van der Waals surface area contributed by atoms with Crippen molar-refractivity contribution < 1.29 is 9.52 Å². The van der Waals surface area contributed by atoms with Crippen LogP contribution in [0.3, 0.4) is 0 Å². The van der Waals surface area contributed by atoms with Crippen LogP contribution >= 0.6 is 11.8 Å². The van der Waals surface area contributed by atoms with Crippen LogP contribution in [0.15, 0.2) is 22.8 Å². The van der Waals surface area contributed by atoms with Crippen LogP contribution in [0.5, 0.6) is 0 Å². The van der Waals surface area contributed by atoms with E-state index in [1.807, 2.05) is 17.8 Å². The minimum atomic E-state index is -0.519. The maximum Gasteiger partial charge on any atom is 0.133 e. The Morgan fingerprint density at radius 1 is 1.53 bits per heavy atom. The van der Waals surface area contributed by atoms with Crippen molar-refractivity contribution in [2.24, 2.45) is 0 Å². The zero-order chi connectivity index (χ0) is 10.5. The summed E-state index contributed by atoms with van der Waals surface area (Å²) in [6, 6.07) is 4.18. The highest BCUT2D eigenvalue weighted by molar-refractivity contribution is 7.99. The van der Waals surface area contributed by atoms with Gasteiger partial charge in [-0.3, -0.25) is 0 Å². The Hall–Kier alpha value is -0.450. The quantitative estimate of drug-likeness (QED) is 0.823. The smallest absolute Gasteiger partial charge is 0.133 e. The minimum absolute atomic E-state index is 0.519. The normalized spacial score (nSPS) is 20.3. The molecule has 1 saturated heterocycles. The first-order valence-electron chi connectivity index (χ1n) is 5.39. The number of aliphatic hydroxyl groups is 1. The number of nitrogens with one attached hydrogen (secondary N) is 1. The average Bonchev–Trinajstić information content (AvgIpc) is 2.81. The van der Waals surface area contributed by atoms with E-state index in [0.717, 1.165) is 0 Å². The fourth-order valence-electron chi connectivity index (χ4n) is 1.76. The largest absolute Gasteiger partial charge is 0.467 e. The molecule has 1 fully saturated rings. The molecule has 2 rings (SSSR count). The highest BCUT2D eigenvalue weighted by Crippen LogP contribution is 2.18. The molecule has 1 aromatic heterocycles. The van der Waals surface area contributed by atoms with E-state index in [0.29, 0.717) is 18.3 Å². The third-order valence-electron chi connectivity index (χ3n) is 2.69. The minimum Gasteiger partial charge on any atom is -0.467 e. The first-order valence-corrected chi connectivity index (χ1v) is 6.54. The molecule has 1 unspecified atom stereocenters.